The Bertz CT molecular complexity index is 245. The van der Waals surface area contributed by atoms with Crippen molar-refractivity contribution < 1.29 is 9.59 Å². The first kappa shape index (κ1) is 13.1. The maximum atomic E-state index is 11.5. The van der Waals surface area contributed by atoms with Crippen molar-refractivity contribution in [1.29, 1.82) is 0 Å². The summed E-state index contributed by atoms with van der Waals surface area (Å²) in [5.41, 5.74) is 0. The predicted octanol–water partition coefficient (Wildman–Crippen LogP) is 1.09. The van der Waals surface area contributed by atoms with Crippen LogP contribution in [0.2, 0.25) is 0 Å². The van der Waals surface area contributed by atoms with E-state index in [-0.39, 0.29) is 11.8 Å². The molecule has 0 saturated carbocycles. The van der Waals surface area contributed by atoms with Crippen molar-refractivity contribution in [3.05, 3.63) is 0 Å². The summed E-state index contributed by atoms with van der Waals surface area (Å²) >= 11 is 3.98. The highest BCUT2D eigenvalue weighted by molar-refractivity contribution is 7.80. The van der Waals surface area contributed by atoms with E-state index in [0.717, 1.165) is 0 Å². The Hall–Kier alpha value is -0.950. The van der Waals surface area contributed by atoms with Crippen LogP contribution in [0.5, 0.6) is 0 Å². The Kier molecular flexibility index (Phi) is 6.95. The van der Waals surface area contributed by atoms with E-state index in [1.165, 1.54) is 11.8 Å². The van der Waals surface area contributed by atoms with E-state index in [4.69, 9.17) is 6.42 Å². The third kappa shape index (κ3) is 4.93. The van der Waals surface area contributed by atoms with Crippen LogP contribution >= 0.6 is 12.6 Å². The first-order chi connectivity index (χ1) is 6.63. The van der Waals surface area contributed by atoms with Gasteiger partial charge in [0, 0.05) is 32.1 Å². The van der Waals surface area contributed by atoms with Gasteiger partial charge in [0.1, 0.15) is 0 Å². The van der Waals surface area contributed by atoms with Gasteiger partial charge in [-0.3, -0.25) is 14.5 Å². The molecule has 0 aliphatic carbocycles. The van der Waals surface area contributed by atoms with Gasteiger partial charge in [0.25, 0.3) is 0 Å². The first-order valence-electron chi connectivity index (χ1n) is 4.48. The minimum Gasteiger partial charge on any atom is -0.282 e. The molecule has 3 nitrogen and oxygen atoms in total. The fraction of sp³-hybridized carbons (Fsp3) is 0.600. The molecule has 14 heavy (non-hydrogen) atoms. The van der Waals surface area contributed by atoms with Crippen molar-refractivity contribution in [3.8, 4) is 12.3 Å². The zero-order chi connectivity index (χ0) is 11.0. The van der Waals surface area contributed by atoms with E-state index in [0.29, 0.717) is 31.6 Å². The van der Waals surface area contributed by atoms with E-state index in [2.05, 4.69) is 18.5 Å². The molecule has 0 aliphatic rings. The molecule has 0 heterocycles. The molecule has 0 N–H and O–H groups in total. The van der Waals surface area contributed by atoms with Crippen LogP contribution in [-0.2, 0) is 9.59 Å². The fourth-order valence-corrected chi connectivity index (χ4v) is 1.23. The zero-order valence-electron chi connectivity index (χ0n) is 8.32. The third-order valence-corrected chi connectivity index (χ3v) is 1.92. The van der Waals surface area contributed by atoms with Gasteiger partial charge in [-0.2, -0.15) is 12.6 Å². The van der Waals surface area contributed by atoms with Crippen LogP contribution in [0.4, 0.5) is 0 Å². The molecule has 0 aromatic carbocycles. The number of amides is 2. The summed E-state index contributed by atoms with van der Waals surface area (Å²) in [7, 11) is 0. The number of carbonyl (C=O) groups excluding carboxylic acids is 2. The van der Waals surface area contributed by atoms with Gasteiger partial charge in [-0.25, -0.2) is 0 Å². The Labute approximate surface area is 90.3 Å². The monoisotopic (exact) mass is 213 g/mol. The molecule has 0 fully saturated rings. The van der Waals surface area contributed by atoms with Crippen molar-refractivity contribution >= 4 is 24.4 Å². The van der Waals surface area contributed by atoms with Crippen LogP contribution in [0.15, 0.2) is 0 Å². The van der Waals surface area contributed by atoms with Crippen molar-refractivity contribution in [1.82, 2.24) is 4.90 Å². The lowest BCUT2D eigenvalue weighted by molar-refractivity contribution is -0.143. The van der Waals surface area contributed by atoms with Crippen LogP contribution in [-0.4, -0.2) is 29.0 Å². The lowest BCUT2D eigenvalue weighted by Crippen LogP contribution is -2.36. The van der Waals surface area contributed by atoms with E-state index >= 15 is 0 Å². The molecule has 2 amide bonds. The van der Waals surface area contributed by atoms with Gasteiger partial charge in [-0.15, -0.1) is 12.3 Å². The molecule has 4 heteroatoms. The Morgan fingerprint density at radius 2 is 2.14 bits per heavy atom. The summed E-state index contributed by atoms with van der Waals surface area (Å²) in [5, 5.41) is 0. The number of terminal acetylenes is 1. The maximum Gasteiger partial charge on any atom is 0.229 e. The quantitative estimate of drug-likeness (QED) is 0.422. The van der Waals surface area contributed by atoms with Crippen LogP contribution in [0.3, 0.4) is 0 Å². The Morgan fingerprint density at radius 3 is 2.57 bits per heavy atom. The highest BCUT2D eigenvalue weighted by Gasteiger charge is 2.15. The number of rotatable bonds is 5. The van der Waals surface area contributed by atoms with Crippen LogP contribution < -0.4 is 0 Å². The summed E-state index contributed by atoms with van der Waals surface area (Å²) in [4.78, 5) is 23.7. The lowest BCUT2D eigenvalue weighted by Gasteiger charge is -2.17. The van der Waals surface area contributed by atoms with Gasteiger partial charge in [0.15, 0.2) is 0 Å². The minimum atomic E-state index is -0.232. The maximum absolute atomic E-state index is 11.5. The van der Waals surface area contributed by atoms with E-state index < -0.39 is 0 Å². The molecule has 0 aromatic heterocycles. The minimum absolute atomic E-state index is 0.165. The van der Waals surface area contributed by atoms with Crippen molar-refractivity contribution in [3.63, 3.8) is 0 Å². The van der Waals surface area contributed by atoms with Crippen molar-refractivity contribution in [2.24, 2.45) is 0 Å². The summed E-state index contributed by atoms with van der Waals surface area (Å²) in [6.07, 6.45) is 6.58. The summed E-state index contributed by atoms with van der Waals surface area (Å²) in [6.45, 7) is 1.75. The molecule has 0 bridgehead atoms. The molecule has 0 rings (SSSR count). The molecule has 0 radical (unpaired) electrons. The highest BCUT2D eigenvalue weighted by Crippen LogP contribution is 2.01. The molecule has 0 aliphatic heterocycles. The number of thiol groups is 1. The normalized spacial score (nSPS) is 9.21. The second-order valence-corrected chi connectivity index (χ2v) is 3.29. The molecule has 0 saturated heterocycles. The number of imide groups is 1. The number of hydrogen-bond acceptors (Lipinski definition) is 3. The van der Waals surface area contributed by atoms with Crippen molar-refractivity contribution in [2.75, 3.05) is 12.3 Å². The predicted molar refractivity (Wildman–Crippen MR) is 58.9 cm³/mol. The molecular weight excluding hydrogens is 198 g/mol. The SMILES string of the molecule is C#CCCCC(=O)N(CCS)C(C)=O. The van der Waals surface area contributed by atoms with Gasteiger partial charge in [-0.05, 0) is 6.42 Å². The number of hydrogen-bond donors (Lipinski definition) is 1. The zero-order valence-corrected chi connectivity index (χ0v) is 9.22. The van der Waals surface area contributed by atoms with Crippen LogP contribution in [0.1, 0.15) is 26.2 Å². The van der Waals surface area contributed by atoms with E-state index in [9.17, 15) is 9.59 Å². The summed E-state index contributed by atoms with van der Waals surface area (Å²) in [5.74, 6) is 2.54. The molecule has 0 unspecified atom stereocenters. The average molecular weight is 213 g/mol. The van der Waals surface area contributed by atoms with Gasteiger partial charge in [0.2, 0.25) is 11.8 Å². The fourth-order valence-electron chi connectivity index (χ4n) is 1.03. The smallest absolute Gasteiger partial charge is 0.229 e. The summed E-state index contributed by atoms with van der Waals surface area (Å²) < 4.78 is 0. The van der Waals surface area contributed by atoms with E-state index in [1.807, 2.05) is 0 Å². The van der Waals surface area contributed by atoms with Gasteiger partial charge < -0.3 is 0 Å². The molecule has 0 aromatic rings. The Morgan fingerprint density at radius 1 is 1.50 bits per heavy atom. The molecule has 78 valence electrons. The van der Waals surface area contributed by atoms with Gasteiger partial charge >= 0.3 is 0 Å². The van der Waals surface area contributed by atoms with Gasteiger partial charge in [-0.1, -0.05) is 0 Å². The van der Waals surface area contributed by atoms with Crippen molar-refractivity contribution in [2.45, 2.75) is 26.2 Å². The second-order valence-electron chi connectivity index (χ2n) is 2.85. The topological polar surface area (TPSA) is 37.4 Å². The average Bonchev–Trinajstić information content (AvgIpc) is 2.13. The second kappa shape index (κ2) is 7.45. The largest absolute Gasteiger partial charge is 0.282 e. The number of nitrogens with zero attached hydrogens (tertiary/aromatic N) is 1. The highest BCUT2D eigenvalue weighted by atomic mass is 32.1. The molecule has 0 atom stereocenters. The Balaban J connectivity index is 4.03. The van der Waals surface area contributed by atoms with Crippen LogP contribution in [0.25, 0.3) is 0 Å². The van der Waals surface area contributed by atoms with Crippen LogP contribution in [0, 0.1) is 12.3 Å². The molecular formula is C10H15NO2S. The number of unbranched alkanes of at least 4 members (excludes halogenated alkanes) is 1. The standard InChI is InChI=1S/C10H15NO2S/c1-3-4-5-6-10(13)11(7-8-14)9(2)12/h1,14H,4-8H2,2H3. The van der Waals surface area contributed by atoms with E-state index in [1.54, 1.807) is 0 Å². The number of carbonyl (C=O) groups is 2. The first-order valence-corrected chi connectivity index (χ1v) is 5.12. The summed E-state index contributed by atoms with van der Waals surface area (Å²) in [6, 6.07) is 0. The third-order valence-electron chi connectivity index (χ3n) is 1.72. The van der Waals surface area contributed by atoms with Gasteiger partial charge in [0.05, 0.1) is 0 Å². The molecule has 0 spiro atoms. The lowest BCUT2D eigenvalue weighted by atomic mass is 10.2.